The SMILES string of the molecule is CCCCCCCCCCCCCCCCn1c(CCNC(=O)c2ccncc2)nc2ccccc21. The van der Waals surface area contributed by atoms with E-state index in [1.54, 1.807) is 24.5 Å². The number of para-hydroxylation sites is 2. The Hall–Kier alpha value is -2.69. The maximum atomic E-state index is 12.3. The van der Waals surface area contributed by atoms with Gasteiger partial charge in [-0.25, -0.2) is 4.98 Å². The van der Waals surface area contributed by atoms with Crippen molar-refractivity contribution in [1.82, 2.24) is 19.9 Å². The monoisotopic (exact) mass is 490 g/mol. The number of unbranched alkanes of at least 4 members (excludes halogenated alkanes) is 13. The number of hydrogen-bond donors (Lipinski definition) is 1. The fourth-order valence-electron chi connectivity index (χ4n) is 4.92. The number of aromatic nitrogens is 3. The molecule has 0 spiro atoms. The molecular weight excluding hydrogens is 444 g/mol. The van der Waals surface area contributed by atoms with Crippen molar-refractivity contribution >= 4 is 16.9 Å². The zero-order valence-electron chi connectivity index (χ0n) is 22.4. The summed E-state index contributed by atoms with van der Waals surface area (Å²) in [5.41, 5.74) is 2.88. The highest BCUT2D eigenvalue weighted by Gasteiger charge is 2.11. The molecule has 1 N–H and O–H groups in total. The average molecular weight is 491 g/mol. The van der Waals surface area contributed by atoms with Crippen LogP contribution in [0.4, 0.5) is 0 Å². The summed E-state index contributed by atoms with van der Waals surface area (Å²) in [5.74, 6) is 0.993. The summed E-state index contributed by atoms with van der Waals surface area (Å²) in [6, 6.07) is 11.8. The van der Waals surface area contributed by atoms with Crippen molar-refractivity contribution in [1.29, 1.82) is 0 Å². The predicted octanol–water partition coefficient (Wildman–Crippen LogP) is 7.89. The number of rotatable bonds is 19. The minimum atomic E-state index is -0.0629. The van der Waals surface area contributed by atoms with Gasteiger partial charge in [-0.15, -0.1) is 0 Å². The summed E-state index contributed by atoms with van der Waals surface area (Å²) in [6.07, 6.45) is 23.2. The Bertz CT molecular complexity index is 998. The lowest BCUT2D eigenvalue weighted by atomic mass is 10.0. The zero-order valence-corrected chi connectivity index (χ0v) is 22.4. The molecule has 0 bridgehead atoms. The summed E-state index contributed by atoms with van der Waals surface area (Å²) in [4.78, 5) is 21.2. The molecule has 0 radical (unpaired) electrons. The number of fused-ring (bicyclic) bond motifs is 1. The quantitative estimate of drug-likeness (QED) is 0.174. The molecule has 0 unspecified atom stereocenters. The molecule has 2 heterocycles. The van der Waals surface area contributed by atoms with E-state index in [2.05, 4.69) is 40.0 Å². The number of benzene rings is 1. The fraction of sp³-hybridized carbons (Fsp3) is 0.581. The van der Waals surface area contributed by atoms with Crippen molar-refractivity contribution in [3.8, 4) is 0 Å². The molecule has 3 aromatic rings. The van der Waals surface area contributed by atoms with Gasteiger partial charge >= 0.3 is 0 Å². The van der Waals surface area contributed by atoms with Crippen molar-refractivity contribution in [2.45, 2.75) is 110 Å². The van der Waals surface area contributed by atoms with Crippen LogP contribution >= 0.6 is 0 Å². The van der Waals surface area contributed by atoms with Crippen LogP contribution in [-0.4, -0.2) is 27.0 Å². The molecule has 36 heavy (non-hydrogen) atoms. The zero-order chi connectivity index (χ0) is 25.3. The number of nitrogens with zero attached hydrogens (tertiary/aromatic N) is 3. The highest BCUT2D eigenvalue weighted by molar-refractivity contribution is 5.93. The highest BCUT2D eigenvalue weighted by Crippen LogP contribution is 2.18. The van der Waals surface area contributed by atoms with Crippen LogP contribution in [0.1, 0.15) is 113 Å². The number of amides is 1. The Morgan fingerprint density at radius 2 is 1.36 bits per heavy atom. The van der Waals surface area contributed by atoms with Crippen LogP contribution in [0.15, 0.2) is 48.8 Å². The molecule has 0 fully saturated rings. The second-order valence-corrected chi connectivity index (χ2v) is 10.0. The van der Waals surface area contributed by atoms with Gasteiger partial charge in [0.1, 0.15) is 5.82 Å². The molecule has 0 aliphatic carbocycles. The van der Waals surface area contributed by atoms with Crippen LogP contribution < -0.4 is 5.32 Å². The van der Waals surface area contributed by atoms with Crippen molar-refractivity contribution in [2.24, 2.45) is 0 Å². The Balaban J connectivity index is 1.32. The number of imidazole rings is 1. The van der Waals surface area contributed by atoms with Crippen molar-refractivity contribution < 1.29 is 4.79 Å². The van der Waals surface area contributed by atoms with Gasteiger partial charge in [-0.1, -0.05) is 103 Å². The van der Waals surface area contributed by atoms with Gasteiger partial charge in [0.25, 0.3) is 5.91 Å². The van der Waals surface area contributed by atoms with E-state index in [1.807, 2.05) is 6.07 Å². The molecule has 0 aliphatic heterocycles. The normalized spacial score (nSPS) is 11.2. The Labute approximate surface area is 218 Å². The molecule has 5 heteroatoms. The molecule has 0 saturated carbocycles. The van der Waals surface area contributed by atoms with E-state index in [4.69, 9.17) is 4.98 Å². The second-order valence-electron chi connectivity index (χ2n) is 10.0. The van der Waals surface area contributed by atoms with E-state index in [1.165, 1.54) is 95.4 Å². The third-order valence-corrected chi connectivity index (χ3v) is 7.05. The standard InChI is InChI=1S/C31H46N4O/c1-2-3-4-5-6-7-8-9-10-11-12-13-14-17-26-35-29-19-16-15-18-28(29)34-30(35)22-25-33-31(36)27-20-23-32-24-21-27/h15-16,18-21,23-24H,2-14,17,22,25-26H2,1H3,(H,33,36). The maximum absolute atomic E-state index is 12.3. The molecule has 1 amide bonds. The van der Waals surface area contributed by atoms with Gasteiger partial charge in [0.2, 0.25) is 0 Å². The summed E-state index contributed by atoms with van der Waals surface area (Å²) in [5, 5.41) is 3.02. The molecule has 196 valence electrons. The summed E-state index contributed by atoms with van der Waals surface area (Å²) in [7, 11) is 0. The molecule has 2 aromatic heterocycles. The van der Waals surface area contributed by atoms with Crippen LogP contribution in [0.3, 0.4) is 0 Å². The minimum absolute atomic E-state index is 0.0629. The predicted molar refractivity (Wildman–Crippen MR) is 150 cm³/mol. The van der Waals surface area contributed by atoms with Crippen LogP contribution in [0, 0.1) is 0 Å². The van der Waals surface area contributed by atoms with Gasteiger partial charge in [0.15, 0.2) is 0 Å². The number of nitrogens with one attached hydrogen (secondary N) is 1. The van der Waals surface area contributed by atoms with Crippen molar-refractivity contribution in [3.05, 3.63) is 60.2 Å². The molecular formula is C31H46N4O. The lowest BCUT2D eigenvalue weighted by molar-refractivity contribution is 0.0954. The first-order valence-corrected chi connectivity index (χ1v) is 14.4. The van der Waals surface area contributed by atoms with Gasteiger partial charge in [0, 0.05) is 37.5 Å². The summed E-state index contributed by atoms with van der Waals surface area (Å²) < 4.78 is 2.36. The van der Waals surface area contributed by atoms with Gasteiger partial charge in [-0.05, 0) is 30.7 Å². The lowest BCUT2D eigenvalue weighted by Crippen LogP contribution is -2.26. The molecule has 3 rings (SSSR count). The van der Waals surface area contributed by atoms with Crippen LogP contribution in [0.5, 0.6) is 0 Å². The van der Waals surface area contributed by atoms with Crippen LogP contribution in [0.25, 0.3) is 11.0 Å². The first kappa shape index (κ1) is 27.9. The molecule has 0 saturated heterocycles. The largest absolute Gasteiger partial charge is 0.352 e. The third-order valence-electron chi connectivity index (χ3n) is 7.05. The first-order chi connectivity index (χ1) is 17.8. The fourth-order valence-corrected chi connectivity index (χ4v) is 4.92. The molecule has 0 atom stereocenters. The topological polar surface area (TPSA) is 59.8 Å². The third kappa shape index (κ3) is 9.75. The van der Waals surface area contributed by atoms with Crippen LogP contribution in [0.2, 0.25) is 0 Å². The summed E-state index contributed by atoms with van der Waals surface area (Å²) in [6.45, 7) is 3.85. The van der Waals surface area contributed by atoms with E-state index < -0.39 is 0 Å². The Morgan fingerprint density at radius 3 is 2.00 bits per heavy atom. The van der Waals surface area contributed by atoms with E-state index in [-0.39, 0.29) is 5.91 Å². The Kier molecular flexibility index (Phi) is 13.1. The van der Waals surface area contributed by atoms with E-state index in [9.17, 15) is 4.79 Å². The smallest absolute Gasteiger partial charge is 0.251 e. The van der Waals surface area contributed by atoms with E-state index in [0.29, 0.717) is 12.1 Å². The number of hydrogen-bond acceptors (Lipinski definition) is 3. The highest BCUT2D eigenvalue weighted by atomic mass is 16.1. The van der Waals surface area contributed by atoms with E-state index >= 15 is 0 Å². The van der Waals surface area contributed by atoms with Crippen molar-refractivity contribution in [2.75, 3.05) is 6.54 Å². The number of carbonyl (C=O) groups is 1. The Morgan fingerprint density at radius 1 is 0.778 bits per heavy atom. The first-order valence-electron chi connectivity index (χ1n) is 14.4. The number of carbonyl (C=O) groups excluding carboxylic acids is 1. The van der Waals surface area contributed by atoms with Crippen LogP contribution in [-0.2, 0) is 13.0 Å². The molecule has 0 aliphatic rings. The van der Waals surface area contributed by atoms with Gasteiger partial charge in [-0.3, -0.25) is 9.78 Å². The van der Waals surface area contributed by atoms with E-state index in [0.717, 1.165) is 24.3 Å². The molecule has 1 aromatic carbocycles. The van der Waals surface area contributed by atoms with Gasteiger partial charge in [-0.2, -0.15) is 0 Å². The summed E-state index contributed by atoms with van der Waals surface area (Å²) >= 11 is 0. The average Bonchev–Trinajstić information content (AvgIpc) is 3.26. The van der Waals surface area contributed by atoms with Gasteiger partial charge < -0.3 is 9.88 Å². The maximum Gasteiger partial charge on any atom is 0.251 e. The number of aryl methyl sites for hydroxylation is 1. The van der Waals surface area contributed by atoms with Gasteiger partial charge in [0.05, 0.1) is 11.0 Å². The number of pyridine rings is 1. The lowest BCUT2D eigenvalue weighted by Gasteiger charge is -2.10. The minimum Gasteiger partial charge on any atom is -0.352 e. The molecule has 5 nitrogen and oxygen atoms in total. The van der Waals surface area contributed by atoms with Crippen molar-refractivity contribution in [3.63, 3.8) is 0 Å². The second kappa shape index (κ2) is 16.9.